The van der Waals surface area contributed by atoms with Crippen LogP contribution < -0.4 is 14.2 Å². The Morgan fingerprint density at radius 3 is 2.35 bits per heavy atom. The van der Waals surface area contributed by atoms with E-state index in [1.54, 1.807) is 12.1 Å². The van der Waals surface area contributed by atoms with Crippen LogP contribution >= 0.6 is 0 Å². The van der Waals surface area contributed by atoms with Gasteiger partial charge in [0.2, 0.25) is 0 Å². The maximum Gasteiger partial charge on any atom is 0.186 e. The molecule has 2 aromatic rings. The van der Waals surface area contributed by atoms with Crippen molar-refractivity contribution in [1.82, 2.24) is 0 Å². The van der Waals surface area contributed by atoms with Crippen molar-refractivity contribution < 1.29 is 54.3 Å². The Balaban J connectivity index is 1.68. The summed E-state index contributed by atoms with van der Waals surface area (Å²) < 4.78 is 28.6. The third-order valence-corrected chi connectivity index (χ3v) is 6.82. The molecule has 0 aromatic heterocycles. The van der Waals surface area contributed by atoms with Crippen molar-refractivity contribution in [3.05, 3.63) is 47.0 Å². The maximum atomic E-state index is 10.4. The molecule has 4 rings (SSSR count). The highest BCUT2D eigenvalue weighted by Gasteiger charge is 2.45. The topological polar surface area (TPSA) is 168 Å². The van der Waals surface area contributed by atoms with Crippen molar-refractivity contribution in [3.8, 4) is 23.0 Å². The predicted molar refractivity (Wildman–Crippen MR) is 129 cm³/mol. The van der Waals surface area contributed by atoms with E-state index in [1.165, 1.54) is 20.3 Å². The van der Waals surface area contributed by atoms with Crippen LogP contribution in [-0.4, -0.2) is 95.4 Å². The van der Waals surface area contributed by atoms with Crippen LogP contribution in [0.3, 0.4) is 0 Å². The third-order valence-electron chi connectivity index (χ3n) is 6.82. The van der Waals surface area contributed by atoms with Gasteiger partial charge in [0.25, 0.3) is 0 Å². The van der Waals surface area contributed by atoms with Crippen LogP contribution in [0.1, 0.15) is 35.1 Å². The molecule has 2 aromatic carbocycles. The first-order valence-corrected chi connectivity index (χ1v) is 12.1. The minimum Gasteiger partial charge on any atom is -0.504 e. The number of aliphatic hydroxyl groups is 5. The summed E-state index contributed by atoms with van der Waals surface area (Å²) in [4.78, 5) is 0. The van der Waals surface area contributed by atoms with Gasteiger partial charge in [-0.15, -0.1) is 0 Å². The molecule has 1 saturated heterocycles. The van der Waals surface area contributed by atoms with Crippen LogP contribution in [-0.2, 0) is 15.9 Å². The number of fused-ring (bicyclic) bond motifs is 1. The van der Waals surface area contributed by atoms with Gasteiger partial charge in [0.1, 0.15) is 30.5 Å². The number of aryl methyl sites for hydroxylation is 1. The second-order valence-electron chi connectivity index (χ2n) is 9.15. The molecule has 0 saturated carbocycles. The SMILES string of the molecule is COc1cc([C@@H]2Oc3c(OC)cc(CCCO)cc3[C@@H]2CO[C@@H]2O[C@H](CO)[C@@H](O)[C@H](O)[C@H]2O)ccc1O. The van der Waals surface area contributed by atoms with Crippen LogP contribution in [0.15, 0.2) is 30.3 Å². The summed E-state index contributed by atoms with van der Waals surface area (Å²) in [7, 11) is 2.98. The van der Waals surface area contributed by atoms with Crippen molar-refractivity contribution in [2.24, 2.45) is 0 Å². The fraction of sp³-hybridized carbons (Fsp3) is 0.538. The number of methoxy groups -OCH3 is 2. The lowest BCUT2D eigenvalue weighted by Crippen LogP contribution is -2.59. The largest absolute Gasteiger partial charge is 0.504 e. The van der Waals surface area contributed by atoms with E-state index >= 15 is 0 Å². The van der Waals surface area contributed by atoms with Gasteiger partial charge in [-0.05, 0) is 42.2 Å². The van der Waals surface area contributed by atoms with Crippen LogP contribution in [0.25, 0.3) is 0 Å². The second-order valence-corrected chi connectivity index (χ2v) is 9.15. The first-order chi connectivity index (χ1) is 17.8. The van der Waals surface area contributed by atoms with Crippen LogP contribution in [0.2, 0.25) is 0 Å². The Bertz CT molecular complexity index is 1060. The lowest BCUT2D eigenvalue weighted by atomic mass is 9.90. The quantitative estimate of drug-likeness (QED) is 0.255. The van der Waals surface area contributed by atoms with Crippen LogP contribution in [0, 0.1) is 0 Å². The minimum atomic E-state index is -1.56. The van der Waals surface area contributed by atoms with E-state index in [4.69, 9.17) is 23.7 Å². The molecule has 2 aliphatic rings. The lowest BCUT2D eigenvalue weighted by Gasteiger charge is -2.40. The van der Waals surface area contributed by atoms with E-state index in [-0.39, 0.29) is 24.7 Å². The highest BCUT2D eigenvalue weighted by molar-refractivity contribution is 5.56. The minimum absolute atomic E-state index is 0.0280. The standard InChI is InChI=1S/C26H34O11/c1-33-18-10-14(5-6-17(18)29)24-16(12-35-26-23(32)22(31)21(30)20(11-28)36-26)15-8-13(4-3-7-27)9-19(34-2)25(15)37-24/h5-6,8-10,16,20-24,26-32H,3-4,7,11-12H2,1-2H3/t16-,20+,21+,22-,23+,24-,26+/m0/s1. The van der Waals surface area contributed by atoms with Crippen molar-refractivity contribution in [3.63, 3.8) is 0 Å². The second kappa shape index (κ2) is 11.8. The summed E-state index contributed by atoms with van der Waals surface area (Å²) in [5.41, 5.74) is 2.39. The van der Waals surface area contributed by atoms with E-state index in [0.29, 0.717) is 29.9 Å². The number of aliphatic hydroxyl groups excluding tert-OH is 5. The number of phenols is 1. The first-order valence-electron chi connectivity index (χ1n) is 12.1. The zero-order chi connectivity index (χ0) is 26.7. The van der Waals surface area contributed by atoms with Gasteiger partial charge in [0.05, 0.1) is 33.4 Å². The molecule has 11 heteroatoms. The number of aromatic hydroxyl groups is 1. The molecule has 0 unspecified atom stereocenters. The summed E-state index contributed by atoms with van der Waals surface area (Å²) in [6.45, 7) is -0.562. The zero-order valence-electron chi connectivity index (χ0n) is 20.7. The van der Waals surface area contributed by atoms with Gasteiger partial charge in [-0.2, -0.15) is 0 Å². The van der Waals surface area contributed by atoms with Gasteiger partial charge in [-0.3, -0.25) is 0 Å². The average Bonchev–Trinajstić information content (AvgIpc) is 3.28. The molecule has 1 fully saturated rings. The molecule has 0 bridgehead atoms. The smallest absolute Gasteiger partial charge is 0.186 e. The molecule has 2 aliphatic heterocycles. The number of phenolic OH excluding ortho intramolecular Hbond substituents is 1. The number of ether oxygens (including phenoxy) is 5. The predicted octanol–water partition coefficient (Wildman–Crippen LogP) is 0.368. The summed E-state index contributed by atoms with van der Waals surface area (Å²) in [5.74, 6) is 0.812. The highest BCUT2D eigenvalue weighted by atomic mass is 16.7. The van der Waals surface area contributed by atoms with Crippen molar-refractivity contribution in [2.75, 3.05) is 34.0 Å². The molecule has 204 valence electrons. The molecule has 37 heavy (non-hydrogen) atoms. The van der Waals surface area contributed by atoms with Gasteiger partial charge in [-0.1, -0.05) is 12.1 Å². The number of hydrogen-bond donors (Lipinski definition) is 6. The summed E-state index contributed by atoms with van der Waals surface area (Å²) >= 11 is 0. The Hall–Kier alpha value is -2.64. The highest BCUT2D eigenvalue weighted by Crippen LogP contribution is 2.52. The van der Waals surface area contributed by atoms with E-state index < -0.39 is 49.3 Å². The van der Waals surface area contributed by atoms with E-state index in [9.17, 15) is 30.6 Å². The molecular formula is C26H34O11. The van der Waals surface area contributed by atoms with Crippen LogP contribution in [0.5, 0.6) is 23.0 Å². The molecule has 0 spiro atoms. The van der Waals surface area contributed by atoms with Gasteiger partial charge < -0.3 is 54.3 Å². The molecule has 0 radical (unpaired) electrons. The van der Waals surface area contributed by atoms with Gasteiger partial charge in [-0.25, -0.2) is 0 Å². The van der Waals surface area contributed by atoms with E-state index in [0.717, 1.165) is 11.1 Å². The Labute approximate surface area is 214 Å². The molecule has 0 aliphatic carbocycles. The fourth-order valence-corrected chi connectivity index (χ4v) is 4.79. The van der Waals surface area contributed by atoms with E-state index in [1.807, 2.05) is 12.1 Å². The van der Waals surface area contributed by atoms with Gasteiger partial charge in [0, 0.05) is 12.2 Å². The molecule has 7 atom stereocenters. The number of rotatable bonds is 10. The Morgan fingerprint density at radius 2 is 1.68 bits per heavy atom. The summed E-state index contributed by atoms with van der Waals surface area (Å²) in [5, 5.41) is 59.5. The monoisotopic (exact) mass is 522 g/mol. The summed E-state index contributed by atoms with van der Waals surface area (Å²) in [6.07, 6.45) is -6.44. The molecular weight excluding hydrogens is 488 g/mol. The Kier molecular flexibility index (Phi) is 8.75. The third kappa shape index (κ3) is 5.48. The fourth-order valence-electron chi connectivity index (χ4n) is 4.79. The maximum absolute atomic E-state index is 10.4. The van der Waals surface area contributed by atoms with E-state index in [2.05, 4.69) is 0 Å². The normalized spacial score (nSPS) is 29.0. The number of hydrogen-bond acceptors (Lipinski definition) is 11. The van der Waals surface area contributed by atoms with Crippen molar-refractivity contribution in [1.29, 1.82) is 0 Å². The van der Waals surface area contributed by atoms with Gasteiger partial charge >= 0.3 is 0 Å². The van der Waals surface area contributed by atoms with Crippen molar-refractivity contribution in [2.45, 2.75) is 55.6 Å². The zero-order valence-corrected chi connectivity index (χ0v) is 20.7. The lowest BCUT2D eigenvalue weighted by molar-refractivity contribution is -0.302. The molecule has 0 amide bonds. The van der Waals surface area contributed by atoms with Gasteiger partial charge in [0.15, 0.2) is 29.3 Å². The first kappa shape index (κ1) is 27.4. The molecule has 2 heterocycles. The van der Waals surface area contributed by atoms with Crippen molar-refractivity contribution >= 4 is 0 Å². The molecule has 11 nitrogen and oxygen atoms in total. The molecule has 6 N–H and O–H groups in total. The average molecular weight is 523 g/mol. The van der Waals surface area contributed by atoms with Crippen LogP contribution in [0.4, 0.5) is 0 Å². The Morgan fingerprint density at radius 1 is 0.919 bits per heavy atom. The summed E-state index contributed by atoms with van der Waals surface area (Å²) in [6, 6.07) is 8.66. The number of benzene rings is 2.